The van der Waals surface area contributed by atoms with E-state index in [9.17, 15) is 8.78 Å². The van der Waals surface area contributed by atoms with Gasteiger partial charge in [0.1, 0.15) is 11.6 Å². The van der Waals surface area contributed by atoms with Crippen LogP contribution in [-0.2, 0) is 0 Å². The molecule has 11 heavy (non-hydrogen) atoms. The summed E-state index contributed by atoms with van der Waals surface area (Å²) in [6.45, 7) is 1.56. The molecule has 0 aliphatic rings. The molecule has 0 bridgehead atoms. The van der Waals surface area contributed by atoms with E-state index in [-0.39, 0.29) is 5.56 Å². The topological polar surface area (TPSA) is 23.9 Å². The fourth-order valence-corrected chi connectivity index (χ4v) is 0.896. The van der Waals surface area contributed by atoms with Crippen LogP contribution >= 0.6 is 0 Å². The monoisotopic (exact) mass is 155 g/mol. The van der Waals surface area contributed by atoms with Gasteiger partial charge in [0, 0.05) is 17.8 Å². The summed E-state index contributed by atoms with van der Waals surface area (Å²) in [5.74, 6) is -1.29. The minimum atomic E-state index is -0.683. The first-order valence-corrected chi connectivity index (χ1v) is 3.11. The van der Waals surface area contributed by atoms with Crippen LogP contribution in [0.2, 0.25) is 0 Å². The Hall–Kier alpha value is -1.25. The third kappa shape index (κ3) is 1.42. The molecular weight excluding hydrogens is 148 g/mol. The Morgan fingerprint density at radius 3 is 2.45 bits per heavy atom. The van der Waals surface area contributed by atoms with Crippen molar-refractivity contribution in [1.29, 1.82) is 5.41 Å². The van der Waals surface area contributed by atoms with Crippen LogP contribution in [0.5, 0.6) is 0 Å². The first-order valence-electron chi connectivity index (χ1n) is 3.11. The molecule has 0 atom stereocenters. The molecule has 0 spiro atoms. The number of hydrogen-bond acceptors (Lipinski definition) is 1. The number of rotatable bonds is 1. The zero-order valence-electron chi connectivity index (χ0n) is 5.99. The van der Waals surface area contributed by atoms with E-state index in [1.54, 1.807) is 6.92 Å². The van der Waals surface area contributed by atoms with E-state index < -0.39 is 11.6 Å². The summed E-state index contributed by atoms with van der Waals surface area (Å²) in [5, 5.41) is 6.81. The van der Waals surface area contributed by atoms with Gasteiger partial charge in [-0.2, -0.15) is 0 Å². The summed E-state index contributed by atoms with van der Waals surface area (Å²) in [7, 11) is 0. The lowest BCUT2D eigenvalue weighted by atomic mass is 10.1. The quantitative estimate of drug-likeness (QED) is 0.601. The second-order valence-corrected chi connectivity index (χ2v) is 2.26. The van der Waals surface area contributed by atoms with Gasteiger partial charge >= 0.3 is 0 Å². The average molecular weight is 155 g/mol. The van der Waals surface area contributed by atoms with Crippen LogP contribution in [0.25, 0.3) is 0 Å². The zero-order chi connectivity index (χ0) is 8.43. The highest BCUT2D eigenvalue weighted by Crippen LogP contribution is 2.12. The van der Waals surface area contributed by atoms with Crippen LogP contribution in [-0.4, -0.2) is 6.21 Å². The summed E-state index contributed by atoms with van der Waals surface area (Å²) < 4.78 is 25.1. The molecule has 1 aromatic carbocycles. The van der Waals surface area contributed by atoms with Gasteiger partial charge in [0.15, 0.2) is 0 Å². The van der Waals surface area contributed by atoms with E-state index in [4.69, 9.17) is 5.41 Å². The third-order valence-electron chi connectivity index (χ3n) is 1.45. The largest absolute Gasteiger partial charge is 0.308 e. The molecule has 1 aromatic rings. The smallest absolute Gasteiger partial charge is 0.135 e. The predicted octanol–water partition coefficient (Wildman–Crippen LogP) is 2.27. The fourth-order valence-electron chi connectivity index (χ4n) is 0.896. The molecule has 0 aromatic heterocycles. The summed E-state index contributed by atoms with van der Waals surface area (Å²) >= 11 is 0. The number of nitrogens with one attached hydrogen (secondary N) is 1. The van der Waals surface area contributed by atoms with Crippen LogP contribution in [0.15, 0.2) is 12.1 Å². The maximum absolute atomic E-state index is 12.7. The molecule has 0 aliphatic carbocycles. The van der Waals surface area contributed by atoms with Crippen molar-refractivity contribution in [3.05, 3.63) is 34.9 Å². The van der Waals surface area contributed by atoms with E-state index in [0.29, 0.717) is 5.56 Å². The fraction of sp³-hybridized carbons (Fsp3) is 0.125. The Kier molecular flexibility index (Phi) is 1.98. The first-order chi connectivity index (χ1) is 5.15. The van der Waals surface area contributed by atoms with Gasteiger partial charge in [-0.05, 0) is 18.6 Å². The molecule has 58 valence electrons. The molecule has 0 saturated heterocycles. The lowest BCUT2D eigenvalue weighted by Crippen LogP contribution is -1.93. The normalized spacial score (nSPS) is 9.73. The number of benzene rings is 1. The van der Waals surface area contributed by atoms with Gasteiger partial charge in [-0.1, -0.05) is 0 Å². The molecule has 0 unspecified atom stereocenters. The second kappa shape index (κ2) is 2.78. The van der Waals surface area contributed by atoms with Crippen molar-refractivity contribution >= 4 is 6.21 Å². The minimum Gasteiger partial charge on any atom is -0.308 e. The summed E-state index contributed by atoms with van der Waals surface area (Å²) in [6, 6.07) is 1.97. The van der Waals surface area contributed by atoms with E-state index in [1.807, 2.05) is 0 Å². The zero-order valence-corrected chi connectivity index (χ0v) is 5.99. The SMILES string of the molecule is Cc1cc(F)cc(F)c1C=N. The van der Waals surface area contributed by atoms with Gasteiger partial charge in [0.25, 0.3) is 0 Å². The molecule has 0 fully saturated rings. The molecule has 0 amide bonds. The Morgan fingerprint density at radius 1 is 1.36 bits per heavy atom. The van der Waals surface area contributed by atoms with Gasteiger partial charge in [-0.25, -0.2) is 8.78 Å². The molecule has 1 rings (SSSR count). The van der Waals surface area contributed by atoms with Crippen molar-refractivity contribution in [1.82, 2.24) is 0 Å². The van der Waals surface area contributed by atoms with Gasteiger partial charge in [-0.15, -0.1) is 0 Å². The maximum Gasteiger partial charge on any atom is 0.135 e. The molecule has 1 nitrogen and oxygen atoms in total. The van der Waals surface area contributed by atoms with Crippen molar-refractivity contribution in [3.63, 3.8) is 0 Å². The van der Waals surface area contributed by atoms with Gasteiger partial charge in [0.2, 0.25) is 0 Å². The van der Waals surface area contributed by atoms with E-state index in [1.165, 1.54) is 6.07 Å². The molecule has 3 heteroatoms. The van der Waals surface area contributed by atoms with Crippen molar-refractivity contribution in [3.8, 4) is 0 Å². The number of hydrogen-bond donors (Lipinski definition) is 1. The highest BCUT2D eigenvalue weighted by atomic mass is 19.1. The predicted molar refractivity (Wildman–Crippen MR) is 39.0 cm³/mol. The molecular formula is C8H7F2N. The van der Waals surface area contributed by atoms with Crippen LogP contribution < -0.4 is 0 Å². The van der Waals surface area contributed by atoms with Crippen LogP contribution in [0, 0.1) is 24.0 Å². The lowest BCUT2D eigenvalue weighted by Gasteiger charge is -1.99. The van der Waals surface area contributed by atoms with E-state index >= 15 is 0 Å². The second-order valence-electron chi connectivity index (χ2n) is 2.26. The van der Waals surface area contributed by atoms with E-state index in [0.717, 1.165) is 12.3 Å². The standard InChI is InChI=1S/C8H7F2N/c1-5-2-6(9)3-8(10)7(5)4-11/h2-4,11H,1H3. The van der Waals surface area contributed by atoms with Crippen molar-refractivity contribution in [2.45, 2.75) is 6.92 Å². The minimum absolute atomic E-state index is 0.145. The third-order valence-corrected chi connectivity index (χ3v) is 1.45. The van der Waals surface area contributed by atoms with Crippen LogP contribution in [0.4, 0.5) is 8.78 Å². The van der Waals surface area contributed by atoms with Gasteiger partial charge < -0.3 is 5.41 Å². The molecule has 0 heterocycles. The molecule has 1 N–H and O–H groups in total. The highest BCUT2D eigenvalue weighted by molar-refractivity contribution is 5.79. The summed E-state index contributed by atoms with van der Waals surface area (Å²) in [5.41, 5.74) is 0.587. The van der Waals surface area contributed by atoms with Crippen LogP contribution in [0.3, 0.4) is 0 Å². The van der Waals surface area contributed by atoms with Crippen molar-refractivity contribution in [2.75, 3.05) is 0 Å². The maximum atomic E-state index is 12.7. The molecule has 0 radical (unpaired) electrons. The van der Waals surface area contributed by atoms with Crippen molar-refractivity contribution < 1.29 is 8.78 Å². The first kappa shape index (κ1) is 7.85. The van der Waals surface area contributed by atoms with Gasteiger partial charge in [0.05, 0.1) is 0 Å². The Labute approximate surface area is 63.2 Å². The summed E-state index contributed by atoms with van der Waals surface area (Å²) in [6.07, 6.45) is 0.879. The lowest BCUT2D eigenvalue weighted by molar-refractivity contribution is 0.580. The molecule has 0 saturated carbocycles. The van der Waals surface area contributed by atoms with Crippen molar-refractivity contribution in [2.24, 2.45) is 0 Å². The van der Waals surface area contributed by atoms with E-state index in [2.05, 4.69) is 0 Å². The average Bonchev–Trinajstić information content (AvgIpc) is 1.85. The Bertz CT molecular complexity index is 271. The number of halogens is 2. The summed E-state index contributed by atoms with van der Waals surface area (Å²) in [4.78, 5) is 0. The molecule has 0 aliphatic heterocycles. The van der Waals surface area contributed by atoms with Gasteiger partial charge in [-0.3, -0.25) is 0 Å². The van der Waals surface area contributed by atoms with Crippen LogP contribution in [0.1, 0.15) is 11.1 Å². The number of aryl methyl sites for hydroxylation is 1. The highest BCUT2D eigenvalue weighted by Gasteiger charge is 2.04. The Morgan fingerprint density at radius 2 is 2.00 bits per heavy atom. The Balaban J connectivity index is 3.36.